The molecule has 1 saturated heterocycles. The normalized spacial score (nSPS) is 20.7. The van der Waals surface area contributed by atoms with E-state index in [-0.39, 0.29) is 6.04 Å². The molecule has 112 valence electrons. The Morgan fingerprint density at radius 1 is 1.24 bits per heavy atom. The third-order valence-electron chi connectivity index (χ3n) is 4.04. The van der Waals surface area contributed by atoms with Crippen LogP contribution < -0.4 is 5.73 Å². The molecule has 1 aromatic heterocycles. The van der Waals surface area contributed by atoms with Gasteiger partial charge in [-0.15, -0.1) is 0 Å². The summed E-state index contributed by atoms with van der Waals surface area (Å²) in [5.74, 6) is 0. The zero-order valence-corrected chi connectivity index (χ0v) is 12.6. The highest BCUT2D eigenvalue weighted by Crippen LogP contribution is 2.29. The highest BCUT2D eigenvalue weighted by molar-refractivity contribution is 7.89. The minimum Gasteiger partial charge on any atom is -0.329 e. The predicted molar refractivity (Wildman–Crippen MR) is 82.3 cm³/mol. The molecule has 0 radical (unpaired) electrons. The van der Waals surface area contributed by atoms with E-state index in [0.717, 1.165) is 19.3 Å². The summed E-state index contributed by atoms with van der Waals surface area (Å²) in [5.41, 5.74) is 6.46. The van der Waals surface area contributed by atoms with E-state index in [2.05, 4.69) is 4.98 Å². The summed E-state index contributed by atoms with van der Waals surface area (Å²) < 4.78 is 27.6. The summed E-state index contributed by atoms with van der Waals surface area (Å²) in [6.45, 7) is 0.906. The molecule has 0 aliphatic carbocycles. The first-order valence-electron chi connectivity index (χ1n) is 7.20. The Morgan fingerprint density at radius 2 is 2.10 bits per heavy atom. The van der Waals surface area contributed by atoms with Crippen LogP contribution in [-0.4, -0.2) is 36.8 Å². The molecule has 2 N–H and O–H groups in total. The van der Waals surface area contributed by atoms with Gasteiger partial charge in [-0.25, -0.2) is 8.42 Å². The third-order valence-corrected chi connectivity index (χ3v) is 6.05. The van der Waals surface area contributed by atoms with Gasteiger partial charge in [0.05, 0.1) is 10.4 Å². The SMILES string of the molecule is NC[C@@H]1CCCCN1S(=O)(=O)c1cccc2ncccc12. The molecule has 3 rings (SSSR count). The van der Waals surface area contributed by atoms with Gasteiger partial charge in [-0.1, -0.05) is 12.5 Å². The zero-order chi connectivity index (χ0) is 14.9. The molecule has 1 aromatic carbocycles. The van der Waals surface area contributed by atoms with Crippen molar-refractivity contribution >= 4 is 20.9 Å². The standard InChI is InChI=1S/C15H19N3O2S/c16-11-12-5-1-2-10-18(12)21(19,20)15-8-3-7-14-13(15)6-4-9-17-14/h3-4,6-9,12H,1-2,5,10-11,16H2/t12-/m0/s1. The number of piperidine rings is 1. The van der Waals surface area contributed by atoms with Gasteiger partial charge in [0.2, 0.25) is 10.0 Å². The summed E-state index contributed by atoms with van der Waals surface area (Å²) in [5, 5.41) is 0.668. The minimum atomic E-state index is -3.54. The van der Waals surface area contributed by atoms with Crippen LogP contribution in [0.3, 0.4) is 0 Å². The first-order chi connectivity index (χ1) is 10.1. The maximum absolute atomic E-state index is 13.0. The molecule has 1 aliphatic heterocycles. The van der Waals surface area contributed by atoms with Gasteiger partial charge in [-0.2, -0.15) is 4.31 Å². The summed E-state index contributed by atoms with van der Waals surface area (Å²) in [6, 6.07) is 8.68. The molecule has 5 nitrogen and oxygen atoms in total. The molecule has 0 spiro atoms. The van der Waals surface area contributed by atoms with E-state index in [1.54, 1.807) is 34.8 Å². The van der Waals surface area contributed by atoms with Crippen molar-refractivity contribution in [1.82, 2.24) is 9.29 Å². The van der Waals surface area contributed by atoms with Gasteiger partial charge in [-0.3, -0.25) is 4.98 Å². The monoisotopic (exact) mass is 305 g/mol. The van der Waals surface area contributed by atoms with Crippen LogP contribution in [0.4, 0.5) is 0 Å². The lowest BCUT2D eigenvalue weighted by Crippen LogP contribution is -2.47. The molecule has 0 unspecified atom stereocenters. The van der Waals surface area contributed by atoms with Crippen molar-refractivity contribution in [1.29, 1.82) is 0 Å². The fraction of sp³-hybridized carbons (Fsp3) is 0.400. The van der Waals surface area contributed by atoms with Crippen molar-refractivity contribution in [2.45, 2.75) is 30.2 Å². The Kier molecular flexibility index (Phi) is 3.93. The third kappa shape index (κ3) is 2.54. The van der Waals surface area contributed by atoms with E-state index >= 15 is 0 Å². The molecule has 6 heteroatoms. The predicted octanol–water partition coefficient (Wildman–Crippen LogP) is 1.74. The number of hydrogen-bond donors (Lipinski definition) is 1. The van der Waals surface area contributed by atoms with E-state index in [1.807, 2.05) is 6.07 Å². The van der Waals surface area contributed by atoms with Crippen molar-refractivity contribution in [3.8, 4) is 0 Å². The number of sulfonamides is 1. The molecule has 1 atom stereocenters. The van der Waals surface area contributed by atoms with Gasteiger partial charge in [0, 0.05) is 30.7 Å². The summed E-state index contributed by atoms with van der Waals surface area (Å²) in [4.78, 5) is 4.56. The van der Waals surface area contributed by atoms with Gasteiger partial charge in [-0.05, 0) is 37.1 Å². The largest absolute Gasteiger partial charge is 0.329 e. The Balaban J connectivity index is 2.12. The Hall–Kier alpha value is -1.50. The zero-order valence-electron chi connectivity index (χ0n) is 11.8. The van der Waals surface area contributed by atoms with Crippen molar-refractivity contribution < 1.29 is 8.42 Å². The molecule has 1 fully saturated rings. The molecule has 1 aliphatic rings. The second-order valence-corrected chi connectivity index (χ2v) is 7.19. The van der Waals surface area contributed by atoms with Crippen LogP contribution in [0.1, 0.15) is 19.3 Å². The van der Waals surface area contributed by atoms with Crippen molar-refractivity contribution in [2.75, 3.05) is 13.1 Å². The lowest BCUT2D eigenvalue weighted by Gasteiger charge is -2.34. The summed E-state index contributed by atoms with van der Waals surface area (Å²) in [7, 11) is -3.54. The van der Waals surface area contributed by atoms with Gasteiger partial charge in [0.1, 0.15) is 0 Å². The van der Waals surface area contributed by atoms with Crippen molar-refractivity contribution in [3.63, 3.8) is 0 Å². The molecule has 21 heavy (non-hydrogen) atoms. The average Bonchev–Trinajstić information content (AvgIpc) is 2.54. The second kappa shape index (κ2) is 5.71. The first kappa shape index (κ1) is 14.4. The average molecular weight is 305 g/mol. The smallest absolute Gasteiger partial charge is 0.244 e. The highest BCUT2D eigenvalue weighted by atomic mass is 32.2. The fourth-order valence-corrected chi connectivity index (χ4v) is 4.86. The lowest BCUT2D eigenvalue weighted by molar-refractivity contribution is 0.258. The molecular formula is C15H19N3O2S. The quantitative estimate of drug-likeness (QED) is 0.937. The highest BCUT2D eigenvalue weighted by Gasteiger charge is 2.33. The number of benzene rings is 1. The van der Waals surface area contributed by atoms with Crippen LogP contribution in [0.15, 0.2) is 41.4 Å². The van der Waals surface area contributed by atoms with Crippen LogP contribution in [0.2, 0.25) is 0 Å². The number of fused-ring (bicyclic) bond motifs is 1. The van der Waals surface area contributed by atoms with Gasteiger partial charge in [0.25, 0.3) is 0 Å². The van der Waals surface area contributed by atoms with Gasteiger partial charge in [0.15, 0.2) is 0 Å². The van der Waals surface area contributed by atoms with Crippen LogP contribution in [-0.2, 0) is 10.0 Å². The number of nitrogens with zero attached hydrogens (tertiary/aromatic N) is 2. The maximum Gasteiger partial charge on any atom is 0.244 e. The molecule has 2 aromatic rings. The van der Waals surface area contributed by atoms with Crippen LogP contribution in [0.5, 0.6) is 0 Å². The Bertz CT molecular complexity index is 740. The topological polar surface area (TPSA) is 76.3 Å². The van der Waals surface area contributed by atoms with Gasteiger partial charge < -0.3 is 5.73 Å². The Labute approximate surface area is 124 Å². The molecule has 0 saturated carbocycles. The number of aromatic nitrogens is 1. The van der Waals surface area contributed by atoms with Crippen LogP contribution in [0, 0.1) is 0 Å². The van der Waals surface area contributed by atoms with E-state index in [9.17, 15) is 8.42 Å². The van der Waals surface area contributed by atoms with E-state index in [0.29, 0.717) is 28.9 Å². The maximum atomic E-state index is 13.0. The number of hydrogen-bond acceptors (Lipinski definition) is 4. The molecule has 0 bridgehead atoms. The summed E-state index contributed by atoms with van der Waals surface area (Å²) >= 11 is 0. The van der Waals surface area contributed by atoms with Crippen molar-refractivity contribution in [3.05, 3.63) is 36.5 Å². The van der Waals surface area contributed by atoms with E-state index in [1.165, 1.54) is 0 Å². The van der Waals surface area contributed by atoms with E-state index < -0.39 is 10.0 Å². The van der Waals surface area contributed by atoms with Crippen LogP contribution in [0.25, 0.3) is 10.9 Å². The van der Waals surface area contributed by atoms with E-state index in [4.69, 9.17) is 5.73 Å². The molecule has 0 amide bonds. The van der Waals surface area contributed by atoms with Gasteiger partial charge >= 0.3 is 0 Å². The molecular weight excluding hydrogens is 286 g/mol. The first-order valence-corrected chi connectivity index (χ1v) is 8.64. The lowest BCUT2D eigenvalue weighted by atomic mass is 10.1. The second-order valence-electron chi connectivity index (χ2n) is 5.33. The Morgan fingerprint density at radius 3 is 2.90 bits per heavy atom. The number of nitrogens with two attached hydrogens (primary N) is 1. The minimum absolute atomic E-state index is 0.101. The van der Waals surface area contributed by atoms with Crippen molar-refractivity contribution in [2.24, 2.45) is 5.73 Å². The number of pyridine rings is 1. The fourth-order valence-electron chi connectivity index (χ4n) is 2.95. The summed E-state index contributed by atoms with van der Waals surface area (Å²) in [6.07, 6.45) is 4.42. The molecule has 2 heterocycles. The number of rotatable bonds is 3. The van der Waals surface area contributed by atoms with Crippen LogP contribution >= 0.6 is 0 Å².